The van der Waals surface area contributed by atoms with Crippen molar-refractivity contribution in [3.63, 3.8) is 0 Å². The molecule has 0 spiro atoms. The molecule has 0 saturated heterocycles. The van der Waals surface area contributed by atoms with E-state index >= 15 is 0 Å². The van der Waals surface area contributed by atoms with Gasteiger partial charge in [-0.15, -0.1) is 11.3 Å². The summed E-state index contributed by atoms with van der Waals surface area (Å²) in [6, 6.07) is 54.6. The Bertz CT molecular complexity index is 2660. The minimum atomic E-state index is -0.316. The van der Waals surface area contributed by atoms with E-state index in [1.54, 1.807) is 0 Å². The number of rotatable bonds is 3. The van der Waals surface area contributed by atoms with Crippen LogP contribution in [0.4, 0.5) is 5.69 Å². The predicted molar refractivity (Wildman–Crippen MR) is 196 cm³/mol. The molecule has 7 aromatic carbocycles. The van der Waals surface area contributed by atoms with Gasteiger partial charge in [-0.3, -0.25) is 0 Å². The number of thiophene rings is 1. The second-order valence-corrected chi connectivity index (χ2v) is 13.0. The standard InChI is InChI=1S/C42H27N3S/c1-3-13-26(14-4-1)32-25-33-28(39-31-19-9-12-22-37(31)46-41(32)39)23-24-36-38(33)30-18-8-11-21-35(30)45(36)42-43-34-20-10-7-17-29(34)40(44-42)27-15-5-2-6-16-27/h1-25,42-43H. The van der Waals surface area contributed by atoms with Crippen LogP contribution < -0.4 is 5.32 Å². The van der Waals surface area contributed by atoms with Crippen molar-refractivity contribution in [3.8, 4) is 11.1 Å². The molecule has 2 aromatic heterocycles. The molecule has 1 aliphatic heterocycles. The van der Waals surface area contributed by atoms with Crippen LogP contribution in [0.15, 0.2) is 157 Å². The summed E-state index contributed by atoms with van der Waals surface area (Å²) < 4.78 is 5.05. The zero-order chi connectivity index (χ0) is 30.2. The zero-order valence-corrected chi connectivity index (χ0v) is 25.6. The van der Waals surface area contributed by atoms with E-state index in [0.29, 0.717) is 0 Å². The van der Waals surface area contributed by atoms with Crippen LogP contribution in [0.3, 0.4) is 0 Å². The van der Waals surface area contributed by atoms with Crippen LogP contribution in [-0.4, -0.2) is 10.3 Å². The largest absolute Gasteiger partial charge is 0.346 e. The number of anilines is 1. The molecule has 3 nitrogen and oxygen atoms in total. The number of aliphatic imine (C=N–C) groups is 1. The summed E-state index contributed by atoms with van der Waals surface area (Å²) >= 11 is 1.89. The topological polar surface area (TPSA) is 29.3 Å². The van der Waals surface area contributed by atoms with Crippen molar-refractivity contribution in [1.29, 1.82) is 0 Å². The molecule has 0 radical (unpaired) electrons. The maximum atomic E-state index is 5.43. The highest BCUT2D eigenvalue weighted by atomic mass is 32.1. The lowest BCUT2D eigenvalue weighted by Gasteiger charge is -2.28. The molecular formula is C42H27N3S. The zero-order valence-electron chi connectivity index (χ0n) is 24.8. The van der Waals surface area contributed by atoms with Crippen molar-refractivity contribution in [1.82, 2.24) is 4.57 Å². The number of nitrogens with one attached hydrogen (secondary N) is 1. The first-order valence-corrected chi connectivity index (χ1v) is 16.5. The van der Waals surface area contributed by atoms with E-state index in [9.17, 15) is 0 Å². The van der Waals surface area contributed by atoms with Gasteiger partial charge in [0.25, 0.3) is 0 Å². The lowest BCUT2D eigenvalue weighted by atomic mass is 9.94. The summed E-state index contributed by atoms with van der Waals surface area (Å²) in [6.07, 6.45) is -0.316. The Morgan fingerprint density at radius 3 is 2.07 bits per heavy atom. The number of para-hydroxylation sites is 2. The molecule has 1 unspecified atom stereocenters. The summed E-state index contributed by atoms with van der Waals surface area (Å²) in [5, 5.41) is 11.5. The molecule has 0 bridgehead atoms. The minimum Gasteiger partial charge on any atom is -0.346 e. The number of nitrogens with zero attached hydrogens (tertiary/aromatic N) is 2. The van der Waals surface area contributed by atoms with Crippen LogP contribution in [0.2, 0.25) is 0 Å². The van der Waals surface area contributed by atoms with Crippen LogP contribution in [0, 0.1) is 0 Å². The van der Waals surface area contributed by atoms with Crippen molar-refractivity contribution < 1.29 is 0 Å². The van der Waals surface area contributed by atoms with Gasteiger partial charge < -0.3 is 9.88 Å². The fraction of sp³-hybridized carbons (Fsp3) is 0.0238. The van der Waals surface area contributed by atoms with Crippen molar-refractivity contribution in [2.75, 3.05) is 5.32 Å². The molecule has 46 heavy (non-hydrogen) atoms. The summed E-state index contributed by atoms with van der Waals surface area (Å²) in [5.74, 6) is 0. The van der Waals surface area contributed by atoms with E-state index in [1.807, 2.05) is 11.3 Å². The first-order valence-electron chi connectivity index (χ1n) is 15.7. The smallest absolute Gasteiger partial charge is 0.201 e. The van der Waals surface area contributed by atoms with Crippen molar-refractivity contribution in [2.45, 2.75) is 6.29 Å². The maximum absolute atomic E-state index is 5.43. The highest BCUT2D eigenvalue weighted by Crippen LogP contribution is 2.47. The summed E-state index contributed by atoms with van der Waals surface area (Å²) in [6.45, 7) is 0. The van der Waals surface area contributed by atoms with E-state index in [-0.39, 0.29) is 6.29 Å². The predicted octanol–water partition coefficient (Wildman–Crippen LogP) is 11.4. The first-order chi connectivity index (χ1) is 22.8. The van der Waals surface area contributed by atoms with E-state index in [4.69, 9.17) is 4.99 Å². The van der Waals surface area contributed by atoms with Gasteiger partial charge in [-0.25, -0.2) is 4.99 Å². The van der Waals surface area contributed by atoms with Crippen molar-refractivity contribution in [2.24, 2.45) is 4.99 Å². The molecule has 0 fully saturated rings. The maximum Gasteiger partial charge on any atom is 0.201 e. The Balaban J connectivity index is 1.32. The van der Waals surface area contributed by atoms with E-state index in [0.717, 1.165) is 28.0 Å². The third-order valence-electron chi connectivity index (χ3n) is 9.41. The van der Waals surface area contributed by atoms with Gasteiger partial charge in [0.05, 0.1) is 16.7 Å². The quantitative estimate of drug-likeness (QED) is 0.213. The van der Waals surface area contributed by atoms with Crippen LogP contribution in [-0.2, 0) is 0 Å². The van der Waals surface area contributed by atoms with Crippen molar-refractivity contribution >= 4 is 75.5 Å². The number of fused-ring (bicyclic) bond motifs is 10. The number of aromatic nitrogens is 1. The Morgan fingerprint density at radius 2 is 1.22 bits per heavy atom. The van der Waals surface area contributed by atoms with Gasteiger partial charge in [0.2, 0.25) is 6.29 Å². The van der Waals surface area contributed by atoms with E-state index in [2.05, 4.69) is 162 Å². The first kappa shape index (κ1) is 25.6. The summed E-state index contributed by atoms with van der Waals surface area (Å²) in [7, 11) is 0. The lowest BCUT2D eigenvalue weighted by molar-refractivity contribution is 0.625. The lowest BCUT2D eigenvalue weighted by Crippen LogP contribution is -2.24. The van der Waals surface area contributed by atoms with Gasteiger partial charge in [-0.05, 0) is 46.7 Å². The fourth-order valence-electron chi connectivity index (χ4n) is 7.42. The van der Waals surface area contributed by atoms with Gasteiger partial charge in [0, 0.05) is 53.3 Å². The third-order valence-corrected chi connectivity index (χ3v) is 10.6. The van der Waals surface area contributed by atoms with Crippen LogP contribution >= 0.6 is 11.3 Å². The third kappa shape index (κ3) is 3.68. The molecule has 1 N–H and O–H groups in total. The molecule has 10 rings (SSSR count). The average Bonchev–Trinajstić information content (AvgIpc) is 3.68. The number of hydrogen-bond donors (Lipinski definition) is 1. The molecule has 9 aromatic rings. The van der Waals surface area contributed by atoms with Gasteiger partial charge in [-0.2, -0.15) is 0 Å². The molecule has 216 valence electrons. The average molecular weight is 606 g/mol. The highest BCUT2D eigenvalue weighted by Gasteiger charge is 2.26. The monoisotopic (exact) mass is 605 g/mol. The highest BCUT2D eigenvalue weighted by molar-refractivity contribution is 7.26. The fourth-order valence-corrected chi connectivity index (χ4v) is 8.67. The Kier molecular flexibility index (Phi) is 5.51. The summed E-state index contributed by atoms with van der Waals surface area (Å²) in [5.41, 5.74) is 9.18. The second-order valence-electron chi connectivity index (χ2n) is 11.9. The SMILES string of the molecule is c1ccc(C2=NC(n3c4ccccc4c4c5cc(-c6ccccc6)c6sc7ccccc7c6c5ccc43)Nc3ccccc32)cc1. The Morgan fingerprint density at radius 1 is 0.522 bits per heavy atom. The molecule has 4 heteroatoms. The molecule has 3 heterocycles. The van der Waals surface area contributed by atoms with E-state index < -0.39 is 0 Å². The van der Waals surface area contributed by atoms with E-state index in [1.165, 1.54) is 58.4 Å². The normalized spacial score (nSPS) is 14.6. The summed E-state index contributed by atoms with van der Waals surface area (Å²) in [4.78, 5) is 5.43. The molecular weight excluding hydrogens is 579 g/mol. The van der Waals surface area contributed by atoms with Gasteiger partial charge >= 0.3 is 0 Å². The van der Waals surface area contributed by atoms with Gasteiger partial charge in [0.15, 0.2) is 0 Å². The van der Waals surface area contributed by atoms with Crippen LogP contribution in [0.1, 0.15) is 17.4 Å². The van der Waals surface area contributed by atoms with Crippen LogP contribution in [0.5, 0.6) is 0 Å². The van der Waals surface area contributed by atoms with Gasteiger partial charge in [-0.1, -0.05) is 121 Å². The molecule has 0 amide bonds. The van der Waals surface area contributed by atoms with Crippen LogP contribution in [0.25, 0.3) is 63.9 Å². The molecule has 1 atom stereocenters. The Labute approximate surface area is 269 Å². The minimum absolute atomic E-state index is 0.316. The molecule has 1 aliphatic rings. The second kappa shape index (κ2) is 9.90. The Hall–Kier alpha value is -5.71. The van der Waals surface area contributed by atoms with Crippen molar-refractivity contribution in [3.05, 3.63) is 163 Å². The number of benzene rings is 7. The van der Waals surface area contributed by atoms with Gasteiger partial charge in [0.1, 0.15) is 0 Å². The molecule has 0 aliphatic carbocycles. The molecule has 0 saturated carbocycles. The number of hydrogen-bond acceptors (Lipinski definition) is 3.